The fourth-order valence-corrected chi connectivity index (χ4v) is 24.5. The number of allylic oxidation sites excluding steroid dienone is 1. The van der Waals surface area contributed by atoms with Crippen molar-refractivity contribution in [3.8, 4) is 11.1 Å². The van der Waals surface area contributed by atoms with Crippen molar-refractivity contribution in [2.24, 2.45) is 0 Å². The Balaban J connectivity index is 0.000000980. The number of hydrogen-bond acceptors (Lipinski definition) is 0. The molecule has 0 aromatic heterocycles. The molecule has 1 unspecified atom stereocenters. The summed E-state index contributed by atoms with van der Waals surface area (Å²) in [4.78, 5) is 0. The molecule has 3 aromatic rings. The topological polar surface area (TPSA) is 0 Å². The van der Waals surface area contributed by atoms with Crippen molar-refractivity contribution in [2.75, 3.05) is 0 Å². The van der Waals surface area contributed by atoms with Crippen molar-refractivity contribution in [3.05, 3.63) is 101 Å². The van der Waals surface area contributed by atoms with Gasteiger partial charge in [-0.3, -0.25) is 0 Å². The maximum absolute atomic E-state index is 2.53. The van der Waals surface area contributed by atoms with Crippen LogP contribution in [0.2, 0.25) is 0 Å². The zero-order chi connectivity index (χ0) is 16.1. The Labute approximate surface area is 177 Å². The van der Waals surface area contributed by atoms with Gasteiger partial charge in [0.05, 0.1) is 0 Å². The standard InChI is InChI=1S/C13H9.C9H7.2ClH.Hf.H3Si/c1-3-7-12-10(5-1)9-11-6-2-4-8-13(11)12;1-2-5-9-7-3-6-8(9)4-1;;;;/h1-9H;1-7H;2*1H;;1H3/q;;;;+2;/p-2. The molecule has 0 saturated carbocycles. The third kappa shape index (κ3) is 3.01. The molecule has 5 rings (SSSR count). The Hall–Kier alpha value is -0.933. The number of halogens is 2. The van der Waals surface area contributed by atoms with Crippen LogP contribution in [0.5, 0.6) is 0 Å². The van der Waals surface area contributed by atoms with E-state index in [1.165, 1.54) is 24.1 Å². The fourth-order valence-electron chi connectivity index (χ4n) is 4.47. The van der Waals surface area contributed by atoms with Crippen LogP contribution in [0.3, 0.4) is 0 Å². The maximum atomic E-state index is 2.53. The van der Waals surface area contributed by atoms with E-state index in [1.54, 1.807) is 16.7 Å². The second kappa shape index (κ2) is 7.98. The summed E-state index contributed by atoms with van der Waals surface area (Å²) in [5.74, 6) is 0. The zero-order valence-corrected chi connectivity index (χ0v) is 21.6. The number of fused-ring (bicyclic) bond motifs is 4. The van der Waals surface area contributed by atoms with Gasteiger partial charge in [0.1, 0.15) is 0 Å². The summed E-state index contributed by atoms with van der Waals surface area (Å²) in [7, 11) is 1.39. The molecule has 26 heavy (non-hydrogen) atoms. The molecule has 0 radical (unpaired) electrons. The van der Waals surface area contributed by atoms with Crippen LogP contribution in [0.1, 0.15) is 29.6 Å². The van der Waals surface area contributed by atoms with Gasteiger partial charge < -0.3 is 24.8 Å². The Morgan fingerprint density at radius 1 is 0.654 bits per heavy atom. The van der Waals surface area contributed by atoms with Crippen LogP contribution in [0.25, 0.3) is 17.2 Å². The molecule has 2 aliphatic rings. The first-order valence-corrected chi connectivity index (χ1v) is 24.6. The van der Waals surface area contributed by atoms with Crippen molar-refractivity contribution >= 4 is 13.5 Å². The summed E-state index contributed by atoms with van der Waals surface area (Å²) in [6.07, 6.45) is 4.90. The second-order valence-corrected chi connectivity index (χ2v) is 25.9. The molecular formula is C22H19Cl2HfSi. The van der Waals surface area contributed by atoms with E-state index < -0.39 is 20.6 Å². The van der Waals surface area contributed by atoms with Gasteiger partial charge in [-0.15, -0.1) is 0 Å². The van der Waals surface area contributed by atoms with Crippen LogP contribution in [0.4, 0.5) is 0 Å². The molecule has 0 fully saturated rings. The molecular weight excluding hydrogens is 542 g/mol. The van der Waals surface area contributed by atoms with Gasteiger partial charge in [-0.1, -0.05) is 0 Å². The minimum absolute atomic E-state index is 0. The van der Waals surface area contributed by atoms with Crippen molar-refractivity contribution in [1.29, 1.82) is 0 Å². The summed E-state index contributed by atoms with van der Waals surface area (Å²) >= 11 is -1.84. The van der Waals surface area contributed by atoms with Crippen LogP contribution in [0.15, 0.2) is 78.9 Å². The van der Waals surface area contributed by atoms with Gasteiger partial charge in [-0.2, -0.15) is 0 Å². The van der Waals surface area contributed by atoms with E-state index in [0.29, 0.717) is 0 Å². The first-order chi connectivity index (χ1) is 11.8. The normalized spacial score (nSPS) is 16.2. The van der Waals surface area contributed by atoms with Crippen LogP contribution >= 0.6 is 0 Å². The fraction of sp³-hybridized carbons (Fsp3) is 0.0909. The molecule has 0 aliphatic heterocycles. The van der Waals surface area contributed by atoms with Gasteiger partial charge in [-0.25, -0.2) is 0 Å². The molecule has 0 heterocycles. The van der Waals surface area contributed by atoms with Crippen molar-refractivity contribution in [2.45, 2.75) is 7.35 Å². The van der Waals surface area contributed by atoms with E-state index in [0.717, 1.165) is 7.35 Å². The molecule has 2 aliphatic carbocycles. The van der Waals surface area contributed by atoms with E-state index in [2.05, 4.69) is 84.9 Å². The summed E-state index contributed by atoms with van der Waals surface area (Å²) in [5.41, 5.74) is 9.29. The average molecular weight is 561 g/mol. The zero-order valence-electron chi connectivity index (χ0n) is 14.5. The molecule has 0 spiro atoms. The number of rotatable bonds is 2. The van der Waals surface area contributed by atoms with Crippen LogP contribution in [0, 0.1) is 0 Å². The van der Waals surface area contributed by atoms with Gasteiger partial charge in [0.15, 0.2) is 0 Å². The van der Waals surface area contributed by atoms with E-state index in [4.69, 9.17) is 0 Å². The van der Waals surface area contributed by atoms with Crippen molar-refractivity contribution in [1.82, 2.24) is 0 Å². The van der Waals surface area contributed by atoms with Crippen molar-refractivity contribution in [3.63, 3.8) is 0 Å². The summed E-state index contributed by atoms with van der Waals surface area (Å²) in [5, 5.41) is 0. The van der Waals surface area contributed by atoms with Gasteiger partial charge in [0, 0.05) is 0 Å². The molecule has 129 valence electrons. The average Bonchev–Trinajstić information content (AvgIpc) is 3.21. The van der Waals surface area contributed by atoms with Crippen molar-refractivity contribution < 1.29 is 45.4 Å². The summed E-state index contributed by atoms with van der Waals surface area (Å²) < 4.78 is 1.51. The van der Waals surface area contributed by atoms with E-state index in [-0.39, 0.29) is 24.8 Å². The van der Waals surface area contributed by atoms with Crippen LogP contribution in [-0.2, 0) is 20.6 Å². The predicted octanol–water partition coefficient (Wildman–Crippen LogP) is -1.57. The monoisotopic (exact) mass is 561 g/mol. The third-order valence-corrected chi connectivity index (χ3v) is 26.2. The third-order valence-electron chi connectivity index (χ3n) is 5.58. The van der Waals surface area contributed by atoms with E-state index in [9.17, 15) is 0 Å². The van der Waals surface area contributed by atoms with Crippen LogP contribution in [-0.4, -0.2) is 7.43 Å². The molecule has 0 saturated heterocycles. The molecule has 0 bridgehead atoms. The van der Waals surface area contributed by atoms with Gasteiger partial charge in [0.25, 0.3) is 0 Å². The minimum atomic E-state index is -1.84. The van der Waals surface area contributed by atoms with Crippen LogP contribution < -0.4 is 24.8 Å². The number of benzene rings is 3. The van der Waals surface area contributed by atoms with E-state index >= 15 is 0 Å². The quantitative estimate of drug-likeness (QED) is 0.333. The summed E-state index contributed by atoms with van der Waals surface area (Å²) in [6.45, 7) is 0. The van der Waals surface area contributed by atoms with Gasteiger partial charge >= 0.3 is 154 Å². The second-order valence-electron chi connectivity index (χ2n) is 6.82. The first-order valence-electron chi connectivity index (χ1n) is 8.63. The predicted molar refractivity (Wildman–Crippen MR) is 102 cm³/mol. The number of hydrogen-bond donors (Lipinski definition) is 0. The SMILES string of the molecule is [Cl-].[Cl-].[SiH3][Hf+2]([CH]1C=Cc2ccccc21)[CH]1c2ccccc2-c2ccccc21. The molecule has 4 heteroatoms. The Bertz CT molecular complexity index is 924. The van der Waals surface area contributed by atoms with Gasteiger partial charge in [0.2, 0.25) is 0 Å². The Morgan fingerprint density at radius 3 is 1.77 bits per heavy atom. The molecule has 0 amide bonds. The first kappa shape index (κ1) is 19.8. The van der Waals surface area contributed by atoms with E-state index in [1.807, 2.05) is 0 Å². The Kier molecular flexibility index (Phi) is 6.08. The Morgan fingerprint density at radius 2 is 1.15 bits per heavy atom. The molecule has 0 nitrogen and oxygen atoms in total. The van der Waals surface area contributed by atoms with Gasteiger partial charge in [-0.05, 0) is 0 Å². The summed E-state index contributed by atoms with van der Waals surface area (Å²) in [6, 6.07) is 27.3. The molecule has 0 N–H and O–H groups in total. The molecule has 3 aromatic carbocycles. The molecule has 1 atom stereocenters.